The van der Waals surface area contributed by atoms with Crippen molar-refractivity contribution in [3.63, 3.8) is 0 Å². The molecule has 0 N–H and O–H groups in total. The van der Waals surface area contributed by atoms with Gasteiger partial charge in [-0.3, -0.25) is 9.36 Å². The van der Waals surface area contributed by atoms with Crippen LogP contribution in [0.1, 0.15) is 21.6 Å². The Kier molecular flexibility index (Phi) is 4.92. The number of carbonyl (C=O) groups excluding carboxylic acids is 1. The zero-order chi connectivity index (χ0) is 22.4. The fraction of sp³-hybridized carbons (Fsp3) is 0.111. The largest absolute Gasteiger partial charge is 0.434 e. The molecule has 4 aromatic rings. The van der Waals surface area contributed by atoms with Crippen molar-refractivity contribution in [1.82, 2.24) is 24.3 Å². The van der Waals surface area contributed by atoms with Crippen LogP contribution < -0.4 is 0 Å². The van der Waals surface area contributed by atoms with Crippen LogP contribution in [-0.4, -0.2) is 30.2 Å². The number of carbonyl (C=O) groups is 1. The van der Waals surface area contributed by atoms with Crippen LogP contribution in [0.2, 0.25) is 0 Å². The van der Waals surface area contributed by atoms with Crippen molar-refractivity contribution in [3.8, 4) is 16.4 Å². The number of thiazole rings is 1. The maximum Gasteiger partial charge on any atom is 0.434 e. The van der Waals surface area contributed by atoms with E-state index in [4.69, 9.17) is 0 Å². The number of imidazole rings is 1. The molecule has 0 saturated heterocycles. The van der Waals surface area contributed by atoms with Gasteiger partial charge in [0.05, 0.1) is 23.0 Å². The topological polar surface area (TPSA) is 65.6 Å². The predicted octanol–water partition coefficient (Wildman–Crippen LogP) is 4.92. The molecule has 0 atom stereocenters. The van der Waals surface area contributed by atoms with E-state index in [1.54, 1.807) is 0 Å². The molecule has 0 aliphatic rings. The van der Waals surface area contributed by atoms with Crippen LogP contribution in [0.3, 0.4) is 0 Å². The van der Waals surface area contributed by atoms with E-state index in [0.29, 0.717) is 4.68 Å². The lowest BCUT2D eigenvalue weighted by molar-refractivity contribution is -0.143. The molecule has 1 aromatic carbocycles. The van der Waals surface area contributed by atoms with E-state index >= 15 is 0 Å². The van der Waals surface area contributed by atoms with Gasteiger partial charge in [0.25, 0.3) is 5.91 Å². The van der Waals surface area contributed by atoms with Crippen LogP contribution in [0.15, 0.2) is 54.6 Å². The molecule has 0 fully saturated rings. The second kappa shape index (κ2) is 7.34. The molecule has 0 bridgehead atoms. The first-order chi connectivity index (χ1) is 14.6. The summed E-state index contributed by atoms with van der Waals surface area (Å²) in [6.07, 6.45) is -5.30. The number of hydrogen-bond acceptors (Lipinski definition) is 5. The van der Waals surface area contributed by atoms with Gasteiger partial charge in [0.1, 0.15) is 6.33 Å². The second-order valence-corrected chi connectivity index (χ2v) is 7.02. The minimum atomic E-state index is -4.95. The summed E-state index contributed by atoms with van der Waals surface area (Å²) in [5, 5.41) is 4.71. The molecular weight excluding hydrogens is 448 g/mol. The Bertz CT molecular complexity index is 1240. The Hall–Kier alpha value is -3.48. The van der Waals surface area contributed by atoms with Gasteiger partial charge in [-0.05, 0) is 12.1 Å². The minimum absolute atomic E-state index is 0.0391. The predicted molar refractivity (Wildman–Crippen MR) is 96.6 cm³/mol. The van der Waals surface area contributed by atoms with E-state index < -0.39 is 35.1 Å². The van der Waals surface area contributed by atoms with Crippen LogP contribution >= 0.6 is 11.3 Å². The summed E-state index contributed by atoms with van der Waals surface area (Å²) in [6.45, 7) is 0. The van der Waals surface area contributed by atoms with Crippen molar-refractivity contribution in [1.29, 1.82) is 0 Å². The van der Waals surface area contributed by atoms with Crippen LogP contribution in [0.5, 0.6) is 0 Å². The van der Waals surface area contributed by atoms with E-state index in [1.165, 1.54) is 29.9 Å². The molecule has 0 saturated carbocycles. The third-order valence-electron chi connectivity index (χ3n) is 4.17. The van der Waals surface area contributed by atoms with Gasteiger partial charge >= 0.3 is 12.4 Å². The first-order valence-corrected chi connectivity index (χ1v) is 9.25. The normalized spacial score (nSPS) is 12.3. The molecule has 160 valence electrons. The number of halogens is 6. The van der Waals surface area contributed by atoms with Gasteiger partial charge in [-0.2, -0.15) is 31.4 Å². The molecule has 0 radical (unpaired) electrons. The van der Waals surface area contributed by atoms with Gasteiger partial charge in [-0.1, -0.05) is 12.1 Å². The lowest BCUT2D eigenvalue weighted by atomic mass is 10.1. The van der Waals surface area contributed by atoms with Gasteiger partial charge in [-0.15, -0.1) is 11.3 Å². The molecule has 0 aliphatic carbocycles. The zero-order valence-corrected chi connectivity index (χ0v) is 15.8. The SMILES string of the molecule is O=C(c1cnn(-c2nc(-c3cccc(C(F)(F)F)c3)cs2)c1C(F)(F)F)n1ccnc1. The van der Waals surface area contributed by atoms with Gasteiger partial charge in [0.15, 0.2) is 5.69 Å². The summed E-state index contributed by atoms with van der Waals surface area (Å²) < 4.78 is 81.4. The Morgan fingerprint density at radius 2 is 1.84 bits per heavy atom. The summed E-state index contributed by atoms with van der Waals surface area (Å²) in [4.78, 5) is 20.1. The number of aromatic nitrogens is 5. The highest BCUT2D eigenvalue weighted by Crippen LogP contribution is 2.36. The van der Waals surface area contributed by atoms with Crippen molar-refractivity contribution in [2.45, 2.75) is 12.4 Å². The van der Waals surface area contributed by atoms with E-state index in [9.17, 15) is 31.1 Å². The lowest BCUT2D eigenvalue weighted by Gasteiger charge is -2.10. The molecular formula is C18H9F6N5OS. The molecule has 3 aromatic heterocycles. The van der Waals surface area contributed by atoms with E-state index in [0.717, 1.165) is 40.6 Å². The molecule has 13 heteroatoms. The number of nitrogens with zero attached hydrogens (tertiary/aromatic N) is 5. The molecule has 3 heterocycles. The molecule has 0 aliphatic heterocycles. The average Bonchev–Trinajstić information content (AvgIpc) is 3.46. The van der Waals surface area contributed by atoms with Crippen LogP contribution in [0, 0.1) is 0 Å². The zero-order valence-electron chi connectivity index (χ0n) is 15.0. The molecule has 0 amide bonds. The fourth-order valence-corrected chi connectivity index (χ4v) is 3.59. The van der Waals surface area contributed by atoms with Crippen LogP contribution in [0.25, 0.3) is 16.4 Å². The smallest absolute Gasteiger partial charge is 0.272 e. The summed E-state index contributed by atoms with van der Waals surface area (Å²) >= 11 is 0.741. The summed E-state index contributed by atoms with van der Waals surface area (Å²) in [5.74, 6) is -0.995. The van der Waals surface area contributed by atoms with Crippen molar-refractivity contribution in [2.75, 3.05) is 0 Å². The molecule has 0 unspecified atom stereocenters. The van der Waals surface area contributed by atoms with Gasteiger partial charge in [0.2, 0.25) is 5.13 Å². The standard InChI is InChI=1S/C18H9F6N5OS/c19-17(20,21)11-3-1-2-10(6-11)13-8-31-16(27-13)29-14(18(22,23)24)12(7-26-29)15(30)28-5-4-25-9-28/h1-9H. The van der Waals surface area contributed by atoms with Gasteiger partial charge < -0.3 is 0 Å². The highest BCUT2D eigenvalue weighted by atomic mass is 32.1. The third kappa shape index (κ3) is 3.95. The van der Waals surface area contributed by atoms with Crippen molar-refractivity contribution < 1.29 is 31.1 Å². The highest BCUT2D eigenvalue weighted by Gasteiger charge is 2.41. The number of hydrogen-bond donors (Lipinski definition) is 0. The van der Waals surface area contributed by atoms with E-state index in [-0.39, 0.29) is 16.4 Å². The maximum absolute atomic E-state index is 13.8. The summed E-state index contributed by atoms with van der Waals surface area (Å²) in [6, 6.07) is 4.25. The Morgan fingerprint density at radius 1 is 1.06 bits per heavy atom. The van der Waals surface area contributed by atoms with Crippen molar-refractivity contribution in [2.24, 2.45) is 0 Å². The minimum Gasteiger partial charge on any atom is -0.272 e. The summed E-state index contributed by atoms with van der Waals surface area (Å²) in [5.41, 5.74) is -2.87. The fourth-order valence-electron chi connectivity index (χ4n) is 2.79. The number of alkyl halides is 6. The average molecular weight is 457 g/mol. The van der Waals surface area contributed by atoms with Crippen molar-refractivity contribution >= 4 is 17.2 Å². The first kappa shape index (κ1) is 20.8. The van der Waals surface area contributed by atoms with E-state index in [1.807, 2.05) is 0 Å². The summed E-state index contributed by atoms with van der Waals surface area (Å²) in [7, 11) is 0. The lowest BCUT2D eigenvalue weighted by Crippen LogP contribution is -2.20. The Labute approximate surface area is 173 Å². The highest BCUT2D eigenvalue weighted by molar-refractivity contribution is 7.12. The molecule has 6 nitrogen and oxygen atoms in total. The quantitative estimate of drug-likeness (QED) is 0.410. The van der Waals surface area contributed by atoms with Gasteiger partial charge in [-0.25, -0.2) is 14.6 Å². The number of benzene rings is 1. The maximum atomic E-state index is 13.8. The van der Waals surface area contributed by atoms with E-state index in [2.05, 4.69) is 15.1 Å². The Morgan fingerprint density at radius 3 is 2.48 bits per heavy atom. The van der Waals surface area contributed by atoms with Crippen LogP contribution in [0.4, 0.5) is 26.3 Å². The first-order valence-electron chi connectivity index (χ1n) is 8.37. The molecule has 31 heavy (non-hydrogen) atoms. The third-order valence-corrected chi connectivity index (χ3v) is 4.98. The van der Waals surface area contributed by atoms with Gasteiger partial charge in [0, 0.05) is 23.3 Å². The second-order valence-electron chi connectivity index (χ2n) is 6.19. The Balaban J connectivity index is 1.77. The van der Waals surface area contributed by atoms with Crippen LogP contribution in [-0.2, 0) is 12.4 Å². The molecule has 0 spiro atoms. The van der Waals surface area contributed by atoms with Crippen molar-refractivity contribution in [3.05, 3.63) is 71.4 Å². The monoisotopic (exact) mass is 457 g/mol. The number of rotatable bonds is 3. The molecule has 4 rings (SSSR count).